The van der Waals surface area contributed by atoms with E-state index in [2.05, 4.69) is 23.2 Å². The van der Waals surface area contributed by atoms with E-state index in [1.54, 1.807) is 0 Å². The van der Waals surface area contributed by atoms with E-state index in [0.29, 0.717) is 6.04 Å². The van der Waals surface area contributed by atoms with Crippen LogP contribution in [0.3, 0.4) is 0 Å². The third kappa shape index (κ3) is 2.43. The highest BCUT2D eigenvalue weighted by molar-refractivity contribution is 6.33. The molecule has 1 saturated heterocycles. The quantitative estimate of drug-likeness (QED) is 0.886. The van der Waals surface area contributed by atoms with Gasteiger partial charge in [-0.25, -0.2) is 0 Å². The zero-order valence-corrected chi connectivity index (χ0v) is 11.0. The number of likely N-dealkylation sites (tertiary alicyclic amines) is 1. The molecule has 17 heavy (non-hydrogen) atoms. The topological polar surface area (TPSA) is 15.3 Å². The predicted octanol–water partition coefficient (Wildman–Crippen LogP) is 3.30. The van der Waals surface area contributed by atoms with Crippen molar-refractivity contribution >= 4 is 17.3 Å². The number of nitrogens with one attached hydrogen (secondary N) is 1. The number of nitrogens with zero attached hydrogens (tertiary/aromatic N) is 1. The van der Waals surface area contributed by atoms with Crippen molar-refractivity contribution < 1.29 is 0 Å². The minimum absolute atomic E-state index is 0.564. The average Bonchev–Trinajstić information content (AvgIpc) is 3.05. The third-order valence-electron chi connectivity index (χ3n) is 3.85. The first-order valence-corrected chi connectivity index (χ1v) is 6.87. The van der Waals surface area contributed by atoms with Crippen molar-refractivity contribution in [3.05, 3.63) is 28.8 Å². The number of anilines is 1. The van der Waals surface area contributed by atoms with Gasteiger partial charge in [-0.15, -0.1) is 0 Å². The van der Waals surface area contributed by atoms with Crippen LogP contribution in [0.5, 0.6) is 0 Å². The molecule has 2 aliphatic rings. The molecule has 1 aliphatic heterocycles. The van der Waals surface area contributed by atoms with Crippen molar-refractivity contribution in [2.75, 3.05) is 18.4 Å². The third-order valence-corrected chi connectivity index (χ3v) is 4.17. The number of halogens is 1. The molecule has 1 aromatic carbocycles. The van der Waals surface area contributed by atoms with Gasteiger partial charge in [0.05, 0.1) is 10.7 Å². The van der Waals surface area contributed by atoms with Crippen LogP contribution in [-0.4, -0.2) is 30.1 Å². The van der Waals surface area contributed by atoms with Crippen LogP contribution < -0.4 is 5.32 Å². The summed E-state index contributed by atoms with van der Waals surface area (Å²) in [6.07, 6.45) is 4.04. The zero-order chi connectivity index (χ0) is 11.8. The highest BCUT2D eigenvalue weighted by Gasteiger charge is 2.34. The van der Waals surface area contributed by atoms with Gasteiger partial charge < -0.3 is 5.32 Å². The van der Waals surface area contributed by atoms with Crippen LogP contribution in [-0.2, 0) is 0 Å². The van der Waals surface area contributed by atoms with Gasteiger partial charge in [0.1, 0.15) is 0 Å². The molecule has 1 unspecified atom stereocenters. The van der Waals surface area contributed by atoms with Gasteiger partial charge in [0.25, 0.3) is 0 Å². The van der Waals surface area contributed by atoms with Crippen molar-refractivity contribution in [1.82, 2.24) is 4.90 Å². The Bertz CT molecular complexity index is 394. The monoisotopic (exact) mass is 250 g/mol. The second-order valence-corrected chi connectivity index (χ2v) is 5.69. The highest BCUT2D eigenvalue weighted by atomic mass is 35.5. The summed E-state index contributed by atoms with van der Waals surface area (Å²) in [7, 11) is 0. The second-order valence-electron chi connectivity index (χ2n) is 5.29. The Morgan fingerprint density at radius 1 is 1.29 bits per heavy atom. The van der Waals surface area contributed by atoms with Gasteiger partial charge in [-0.3, -0.25) is 4.90 Å². The summed E-state index contributed by atoms with van der Waals surface area (Å²) in [5.74, 6) is 0. The van der Waals surface area contributed by atoms with Crippen molar-refractivity contribution in [2.24, 2.45) is 0 Å². The molecule has 1 heterocycles. The molecule has 0 aromatic heterocycles. The van der Waals surface area contributed by atoms with Crippen molar-refractivity contribution in [3.63, 3.8) is 0 Å². The van der Waals surface area contributed by atoms with E-state index in [4.69, 9.17) is 11.6 Å². The molecular weight excluding hydrogens is 232 g/mol. The number of para-hydroxylation sites is 1. The molecule has 1 saturated carbocycles. The molecule has 3 heteroatoms. The van der Waals surface area contributed by atoms with Crippen LogP contribution in [0.2, 0.25) is 5.02 Å². The standard InChI is InChI=1S/C14H19ClN2/c1-10-3-2-4-13(15)14(10)16-11-7-8-17(9-11)12-5-6-12/h2-4,11-12,16H,5-9H2,1H3. The lowest BCUT2D eigenvalue weighted by Crippen LogP contribution is -2.28. The smallest absolute Gasteiger partial charge is 0.0640 e. The second kappa shape index (κ2) is 4.51. The minimum Gasteiger partial charge on any atom is -0.380 e. The fraction of sp³-hybridized carbons (Fsp3) is 0.571. The molecule has 0 radical (unpaired) electrons. The number of hydrogen-bond acceptors (Lipinski definition) is 2. The molecule has 92 valence electrons. The highest BCUT2D eigenvalue weighted by Crippen LogP contribution is 2.32. The van der Waals surface area contributed by atoms with Crippen LogP contribution in [0.25, 0.3) is 0 Å². The molecule has 1 aliphatic carbocycles. The molecule has 2 nitrogen and oxygen atoms in total. The SMILES string of the molecule is Cc1cccc(Cl)c1NC1CCN(C2CC2)C1. The Morgan fingerprint density at radius 3 is 2.82 bits per heavy atom. The molecule has 1 N–H and O–H groups in total. The summed E-state index contributed by atoms with van der Waals surface area (Å²) in [5.41, 5.74) is 2.36. The molecule has 2 fully saturated rings. The normalized spacial score (nSPS) is 25.2. The number of benzene rings is 1. The first-order chi connectivity index (χ1) is 8.24. The fourth-order valence-electron chi connectivity index (χ4n) is 2.70. The Kier molecular flexibility index (Phi) is 3.01. The van der Waals surface area contributed by atoms with Crippen LogP contribution >= 0.6 is 11.6 Å². The average molecular weight is 251 g/mol. The number of aryl methyl sites for hydroxylation is 1. The van der Waals surface area contributed by atoms with Gasteiger partial charge in [-0.05, 0) is 37.8 Å². The summed E-state index contributed by atoms with van der Waals surface area (Å²) >= 11 is 6.24. The molecule has 3 rings (SSSR count). The lowest BCUT2D eigenvalue weighted by Gasteiger charge is -2.18. The predicted molar refractivity (Wildman–Crippen MR) is 72.8 cm³/mol. The maximum absolute atomic E-state index is 6.24. The van der Waals surface area contributed by atoms with Crippen LogP contribution in [0, 0.1) is 6.92 Å². The van der Waals surface area contributed by atoms with Crippen LogP contribution in [0.15, 0.2) is 18.2 Å². The van der Waals surface area contributed by atoms with Crippen LogP contribution in [0.4, 0.5) is 5.69 Å². The molecule has 0 spiro atoms. The molecule has 0 bridgehead atoms. The Hall–Kier alpha value is -0.730. The summed E-state index contributed by atoms with van der Waals surface area (Å²) in [6.45, 7) is 4.53. The maximum Gasteiger partial charge on any atom is 0.0640 e. The first-order valence-electron chi connectivity index (χ1n) is 6.50. The van der Waals surface area contributed by atoms with Gasteiger partial charge in [-0.2, -0.15) is 0 Å². The summed E-state index contributed by atoms with van der Waals surface area (Å²) < 4.78 is 0. The van der Waals surface area contributed by atoms with E-state index < -0.39 is 0 Å². The van der Waals surface area contributed by atoms with Gasteiger partial charge in [0.15, 0.2) is 0 Å². The number of rotatable bonds is 3. The minimum atomic E-state index is 0.564. The van der Waals surface area contributed by atoms with E-state index in [-0.39, 0.29) is 0 Å². The molecular formula is C14H19ClN2. The van der Waals surface area contributed by atoms with E-state index in [9.17, 15) is 0 Å². The van der Waals surface area contributed by atoms with Gasteiger partial charge >= 0.3 is 0 Å². The Morgan fingerprint density at radius 2 is 2.12 bits per heavy atom. The van der Waals surface area contributed by atoms with Gasteiger partial charge in [-0.1, -0.05) is 23.7 Å². The summed E-state index contributed by atoms with van der Waals surface area (Å²) in [6, 6.07) is 7.53. The van der Waals surface area contributed by atoms with E-state index in [1.807, 2.05) is 12.1 Å². The lowest BCUT2D eigenvalue weighted by atomic mass is 10.1. The molecule has 1 atom stereocenters. The largest absolute Gasteiger partial charge is 0.380 e. The van der Waals surface area contributed by atoms with Gasteiger partial charge in [0, 0.05) is 25.2 Å². The lowest BCUT2D eigenvalue weighted by molar-refractivity contribution is 0.326. The maximum atomic E-state index is 6.24. The Labute approximate surface area is 108 Å². The fourth-order valence-corrected chi connectivity index (χ4v) is 2.97. The zero-order valence-electron chi connectivity index (χ0n) is 10.2. The summed E-state index contributed by atoms with van der Waals surface area (Å²) in [5, 5.41) is 4.46. The first kappa shape index (κ1) is 11.4. The molecule has 0 amide bonds. The number of hydrogen-bond donors (Lipinski definition) is 1. The van der Waals surface area contributed by atoms with Crippen molar-refractivity contribution in [1.29, 1.82) is 0 Å². The summed E-state index contributed by atoms with van der Waals surface area (Å²) in [4.78, 5) is 2.61. The Balaban J connectivity index is 1.67. The van der Waals surface area contributed by atoms with E-state index in [0.717, 1.165) is 16.8 Å². The van der Waals surface area contributed by atoms with E-state index in [1.165, 1.54) is 37.9 Å². The van der Waals surface area contributed by atoms with Crippen molar-refractivity contribution in [3.8, 4) is 0 Å². The van der Waals surface area contributed by atoms with E-state index >= 15 is 0 Å². The van der Waals surface area contributed by atoms with Crippen molar-refractivity contribution in [2.45, 2.75) is 38.3 Å². The van der Waals surface area contributed by atoms with Crippen LogP contribution in [0.1, 0.15) is 24.8 Å². The van der Waals surface area contributed by atoms with Gasteiger partial charge in [0.2, 0.25) is 0 Å². The molecule has 1 aromatic rings.